The first-order chi connectivity index (χ1) is 8.12. The van der Waals surface area contributed by atoms with Gasteiger partial charge in [-0.2, -0.15) is 11.8 Å². The van der Waals surface area contributed by atoms with E-state index in [1.54, 1.807) is 0 Å². The average molecular weight is 314 g/mol. The molecule has 0 unspecified atom stereocenters. The molecule has 1 fully saturated rings. The van der Waals surface area contributed by atoms with Crippen molar-refractivity contribution in [2.24, 2.45) is 0 Å². The lowest BCUT2D eigenvalue weighted by atomic mass is 10.1. The van der Waals surface area contributed by atoms with Crippen LogP contribution >= 0.6 is 27.7 Å². The Morgan fingerprint density at radius 3 is 2.82 bits per heavy atom. The van der Waals surface area contributed by atoms with Crippen molar-refractivity contribution in [2.45, 2.75) is 30.3 Å². The zero-order valence-electron chi connectivity index (χ0n) is 10.6. The molecule has 0 spiro atoms. The van der Waals surface area contributed by atoms with E-state index in [4.69, 9.17) is 0 Å². The minimum atomic E-state index is 0.429. The van der Waals surface area contributed by atoms with Crippen LogP contribution in [0.2, 0.25) is 0 Å². The predicted octanol–water partition coefficient (Wildman–Crippen LogP) is 4.30. The molecule has 17 heavy (non-hydrogen) atoms. The van der Waals surface area contributed by atoms with Gasteiger partial charge in [-0.15, -0.1) is 0 Å². The summed E-state index contributed by atoms with van der Waals surface area (Å²) in [6.07, 6.45) is 1.26. The first-order valence-electron chi connectivity index (χ1n) is 6.15. The SMILES string of the molecule is CC1(C)CCN(c2ccccc2CBr)CCS1. The topological polar surface area (TPSA) is 3.24 Å². The Balaban J connectivity index is 2.17. The summed E-state index contributed by atoms with van der Waals surface area (Å²) in [7, 11) is 0. The van der Waals surface area contributed by atoms with Gasteiger partial charge in [-0.3, -0.25) is 0 Å². The second-order valence-electron chi connectivity index (χ2n) is 5.11. The zero-order chi connectivity index (χ0) is 12.3. The molecule has 0 saturated carbocycles. The number of halogens is 1. The second kappa shape index (κ2) is 5.66. The maximum Gasteiger partial charge on any atom is 0.0407 e. The van der Waals surface area contributed by atoms with Crippen LogP contribution in [-0.4, -0.2) is 23.6 Å². The first-order valence-corrected chi connectivity index (χ1v) is 8.26. The fraction of sp³-hybridized carbons (Fsp3) is 0.571. The van der Waals surface area contributed by atoms with Crippen LogP contribution in [0, 0.1) is 0 Å². The third-order valence-electron chi connectivity index (χ3n) is 3.31. The normalized spacial score (nSPS) is 20.1. The van der Waals surface area contributed by atoms with Crippen molar-refractivity contribution in [2.75, 3.05) is 23.7 Å². The maximum atomic E-state index is 3.59. The summed E-state index contributed by atoms with van der Waals surface area (Å²) in [6.45, 7) is 7.05. The number of nitrogens with zero attached hydrogens (tertiary/aromatic N) is 1. The minimum Gasteiger partial charge on any atom is -0.370 e. The van der Waals surface area contributed by atoms with Gasteiger partial charge in [0.05, 0.1) is 0 Å². The number of hydrogen-bond donors (Lipinski definition) is 0. The Hall–Kier alpha value is -0.150. The van der Waals surface area contributed by atoms with E-state index < -0.39 is 0 Å². The van der Waals surface area contributed by atoms with Gasteiger partial charge in [-0.1, -0.05) is 48.0 Å². The molecule has 1 heterocycles. The lowest BCUT2D eigenvalue weighted by molar-refractivity contribution is 0.637. The molecule has 0 amide bonds. The number of thioether (sulfide) groups is 1. The van der Waals surface area contributed by atoms with Gasteiger partial charge >= 0.3 is 0 Å². The zero-order valence-corrected chi connectivity index (χ0v) is 13.0. The number of hydrogen-bond acceptors (Lipinski definition) is 2. The highest BCUT2D eigenvalue weighted by molar-refractivity contribution is 9.08. The molecule has 1 aliphatic rings. The molecule has 0 atom stereocenters. The van der Waals surface area contributed by atoms with Gasteiger partial charge in [0, 0.05) is 34.6 Å². The summed E-state index contributed by atoms with van der Waals surface area (Å²) >= 11 is 5.68. The number of anilines is 1. The van der Waals surface area contributed by atoms with Crippen LogP contribution in [0.3, 0.4) is 0 Å². The van der Waals surface area contributed by atoms with Crippen molar-refractivity contribution >= 4 is 33.4 Å². The molecule has 0 aliphatic carbocycles. The summed E-state index contributed by atoms with van der Waals surface area (Å²) < 4.78 is 0.429. The number of alkyl halides is 1. The van der Waals surface area contributed by atoms with Gasteiger partial charge in [0.2, 0.25) is 0 Å². The Morgan fingerprint density at radius 2 is 2.06 bits per heavy atom. The van der Waals surface area contributed by atoms with E-state index in [2.05, 4.69) is 70.7 Å². The summed E-state index contributed by atoms with van der Waals surface area (Å²) in [4.78, 5) is 2.54. The molecular formula is C14H20BrNS. The standard InChI is InChI=1S/C14H20BrNS/c1-14(2)7-8-16(9-10-17-14)13-6-4-3-5-12(13)11-15/h3-6H,7-11H2,1-2H3. The molecule has 1 aromatic rings. The smallest absolute Gasteiger partial charge is 0.0407 e. The molecule has 3 heteroatoms. The first kappa shape index (κ1) is 13.3. The molecule has 0 N–H and O–H groups in total. The average Bonchev–Trinajstić information content (AvgIpc) is 2.50. The molecule has 0 radical (unpaired) electrons. The molecular weight excluding hydrogens is 294 g/mol. The van der Waals surface area contributed by atoms with E-state index in [0.29, 0.717) is 4.75 Å². The van der Waals surface area contributed by atoms with Crippen molar-refractivity contribution < 1.29 is 0 Å². The number of benzene rings is 1. The number of para-hydroxylation sites is 1. The van der Waals surface area contributed by atoms with Gasteiger partial charge in [-0.05, 0) is 18.1 Å². The molecule has 1 saturated heterocycles. The fourth-order valence-electron chi connectivity index (χ4n) is 2.19. The predicted molar refractivity (Wildman–Crippen MR) is 82.4 cm³/mol. The summed E-state index contributed by atoms with van der Waals surface area (Å²) in [6, 6.07) is 8.73. The highest BCUT2D eigenvalue weighted by atomic mass is 79.9. The second-order valence-corrected chi connectivity index (χ2v) is 7.47. The lowest BCUT2D eigenvalue weighted by Gasteiger charge is -2.26. The Bertz CT molecular complexity index is 378. The van der Waals surface area contributed by atoms with Crippen molar-refractivity contribution in [1.82, 2.24) is 0 Å². The van der Waals surface area contributed by atoms with Crippen LogP contribution in [0.5, 0.6) is 0 Å². The summed E-state index contributed by atoms with van der Waals surface area (Å²) in [5, 5.41) is 0.941. The van der Waals surface area contributed by atoms with E-state index in [0.717, 1.165) is 11.9 Å². The van der Waals surface area contributed by atoms with Gasteiger partial charge < -0.3 is 4.90 Å². The largest absolute Gasteiger partial charge is 0.370 e. The Morgan fingerprint density at radius 1 is 1.29 bits per heavy atom. The van der Waals surface area contributed by atoms with Gasteiger partial charge in [-0.25, -0.2) is 0 Å². The lowest BCUT2D eigenvalue weighted by Crippen LogP contribution is -2.27. The maximum absolute atomic E-state index is 3.59. The van der Waals surface area contributed by atoms with Crippen LogP contribution in [0.1, 0.15) is 25.8 Å². The van der Waals surface area contributed by atoms with E-state index in [1.807, 2.05) is 0 Å². The van der Waals surface area contributed by atoms with E-state index in [9.17, 15) is 0 Å². The van der Waals surface area contributed by atoms with Gasteiger partial charge in [0.1, 0.15) is 0 Å². The Labute approximate surface area is 117 Å². The van der Waals surface area contributed by atoms with Crippen molar-refractivity contribution in [1.29, 1.82) is 0 Å². The van der Waals surface area contributed by atoms with Gasteiger partial charge in [0.15, 0.2) is 0 Å². The molecule has 2 rings (SSSR count). The van der Waals surface area contributed by atoms with Crippen LogP contribution in [-0.2, 0) is 5.33 Å². The highest BCUT2D eigenvalue weighted by Gasteiger charge is 2.24. The third kappa shape index (κ3) is 3.41. The van der Waals surface area contributed by atoms with Crippen molar-refractivity contribution in [3.63, 3.8) is 0 Å². The van der Waals surface area contributed by atoms with Crippen molar-refractivity contribution in [3.05, 3.63) is 29.8 Å². The van der Waals surface area contributed by atoms with Crippen LogP contribution < -0.4 is 4.90 Å². The van der Waals surface area contributed by atoms with E-state index in [1.165, 1.54) is 30.0 Å². The molecule has 1 nitrogen and oxygen atoms in total. The molecule has 1 aromatic carbocycles. The van der Waals surface area contributed by atoms with Gasteiger partial charge in [0.25, 0.3) is 0 Å². The molecule has 1 aliphatic heterocycles. The third-order valence-corrected chi connectivity index (χ3v) is 5.29. The Kier molecular flexibility index (Phi) is 4.42. The van der Waals surface area contributed by atoms with Crippen LogP contribution in [0.25, 0.3) is 0 Å². The van der Waals surface area contributed by atoms with E-state index in [-0.39, 0.29) is 0 Å². The van der Waals surface area contributed by atoms with Crippen molar-refractivity contribution in [3.8, 4) is 0 Å². The molecule has 0 bridgehead atoms. The summed E-state index contributed by atoms with van der Waals surface area (Å²) in [5.41, 5.74) is 2.81. The highest BCUT2D eigenvalue weighted by Crippen LogP contribution is 2.33. The van der Waals surface area contributed by atoms with Crippen LogP contribution in [0.15, 0.2) is 24.3 Å². The van der Waals surface area contributed by atoms with Crippen LogP contribution in [0.4, 0.5) is 5.69 Å². The van der Waals surface area contributed by atoms with E-state index >= 15 is 0 Å². The minimum absolute atomic E-state index is 0.429. The fourth-order valence-corrected chi connectivity index (χ4v) is 3.77. The number of rotatable bonds is 2. The monoisotopic (exact) mass is 313 g/mol. The summed E-state index contributed by atoms with van der Waals surface area (Å²) in [5.74, 6) is 1.23. The molecule has 94 valence electrons. The quantitative estimate of drug-likeness (QED) is 0.749. The molecule has 0 aromatic heterocycles.